The minimum Gasteiger partial charge on any atom is -0.386 e. The van der Waals surface area contributed by atoms with Crippen LogP contribution in [-0.4, -0.2) is 36.8 Å². The minimum absolute atomic E-state index is 0.00120. The molecule has 1 aliphatic heterocycles. The van der Waals surface area contributed by atoms with Crippen molar-refractivity contribution in [1.29, 1.82) is 0 Å². The third-order valence-corrected chi connectivity index (χ3v) is 5.01. The van der Waals surface area contributed by atoms with E-state index in [1.54, 1.807) is 16.5 Å². The van der Waals surface area contributed by atoms with Crippen LogP contribution in [0.4, 0.5) is 8.78 Å². The fraction of sp³-hybridized carbons (Fsp3) is 0.529. The normalized spacial score (nSPS) is 18.5. The van der Waals surface area contributed by atoms with Crippen molar-refractivity contribution in [2.24, 2.45) is 5.92 Å². The zero-order chi connectivity index (χ0) is 17.7. The number of aliphatic hydroxyl groups excluding tert-OH is 1. The zero-order valence-corrected chi connectivity index (χ0v) is 13.9. The maximum absolute atomic E-state index is 13.2. The fourth-order valence-corrected chi connectivity index (χ4v) is 3.41. The van der Waals surface area contributed by atoms with Crippen LogP contribution >= 0.6 is 0 Å². The standard InChI is InChI=1S/C17H20F2N4O2/c1-10-2-5-14(23(10)17(18)19)16(25)21-6-7-22-12(9-21)8-13(20-22)15(24)11-3-4-11/h2,5,8,11,15,17,24H,3-4,6-7,9H2,1H3/t15-/m1/s1. The molecular weight excluding hydrogens is 330 g/mol. The van der Waals surface area contributed by atoms with Crippen LogP contribution in [0.25, 0.3) is 0 Å². The third kappa shape index (κ3) is 2.84. The Balaban J connectivity index is 1.55. The Hall–Kier alpha value is -2.22. The van der Waals surface area contributed by atoms with E-state index in [2.05, 4.69) is 5.10 Å². The summed E-state index contributed by atoms with van der Waals surface area (Å²) in [4.78, 5) is 14.3. The summed E-state index contributed by atoms with van der Waals surface area (Å²) in [5, 5.41) is 14.7. The van der Waals surface area contributed by atoms with Gasteiger partial charge in [-0.15, -0.1) is 0 Å². The van der Waals surface area contributed by atoms with Crippen LogP contribution in [-0.2, 0) is 13.1 Å². The molecule has 0 radical (unpaired) electrons. The third-order valence-electron chi connectivity index (χ3n) is 5.01. The lowest BCUT2D eigenvalue weighted by Crippen LogP contribution is -2.39. The van der Waals surface area contributed by atoms with Gasteiger partial charge in [-0.1, -0.05) is 0 Å². The van der Waals surface area contributed by atoms with E-state index in [0.717, 1.165) is 23.1 Å². The van der Waals surface area contributed by atoms with Gasteiger partial charge in [-0.3, -0.25) is 14.0 Å². The van der Waals surface area contributed by atoms with E-state index in [1.165, 1.54) is 12.1 Å². The predicted octanol–water partition coefficient (Wildman–Crippen LogP) is 2.49. The van der Waals surface area contributed by atoms with E-state index < -0.39 is 18.6 Å². The summed E-state index contributed by atoms with van der Waals surface area (Å²) in [7, 11) is 0. The molecule has 0 bridgehead atoms. The Bertz CT molecular complexity index is 810. The van der Waals surface area contributed by atoms with E-state index in [1.807, 2.05) is 6.07 Å². The second-order valence-electron chi connectivity index (χ2n) is 6.80. The molecule has 3 heterocycles. The quantitative estimate of drug-likeness (QED) is 0.921. The molecule has 25 heavy (non-hydrogen) atoms. The largest absolute Gasteiger partial charge is 0.386 e. The number of halogens is 2. The molecule has 1 aliphatic carbocycles. The number of nitrogens with zero attached hydrogens (tertiary/aromatic N) is 4. The SMILES string of the molecule is Cc1ccc(C(=O)N2CCn3nc([C@H](O)C4CC4)cc3C2)n1C(F)F. The number of aliphatic hydroxyl groups is 1. The molecule has 1 fully saturated rings. The highest BCUT2D eigenvalue weighted by Crippen LogP contribution is 2.40. The lowest BCUT2D eigenvalue weighted by Gasteiger charge is -2.28. The highest BCUT2D eigenvalue weighted by Gasteiger charge is 2.34. The van der Waals surface area contributed by atoms with Crippen LogP contribution in [0, 0.1) is 12.8 Å². The summed E-state index contributed by atoms with van der Waals surface area (Å²) in [5.74, 6) is -0.128. The van der Waals surface area contributed by atoms with E-state index in [0.29, 0.717) is 31.0 Å². The van der Waals surface area contributed by atoms with Crippen molar-refractivity contribution in [2.75, 3.05) is 6.54 Å². The molecule has 0 aromatic carbocycles. The Labute approximate surface area is 143 Å². The summed E-state index contributed by atoms with van der Waals surface area (Å²) in [6.45, 7) is 0.00742. The number of carbonyl (C=O) groups is 1. The van der Waals surface area contributed by atoms with Crippen LogP contribution in [0.2, 0.25) is 0 Å². The van der Waals surface area contributed by atoms with Crippen molar-refractivity contribution >= 4 is 5.91 Å². The molecule has 4 rings (SSSR count). The Morgan fingerprint density at radius 2 is 2.08 bits per heavy atom. The van der Waals surface area contributed by atoms with Gasteiger partial charge in [-0.2, -0.15) is 13.9 Å². The number of rotatable bonds is 4. The first-order valence-electron chi connectivity index (χ1n) is 8.45. The first kappa shape index (κ1) is 16.3. The molecule has 2 aliphatic rings. The molecule has 0 saturated heterocycles. The monoisotopic (exact) mass is 350 g/mol. The maximum Gasteiger partial charge on any atom is 0.319 e. The van der Waals surface area contributed by atoms with Gasteiger partial charge in [0, 0.05) is 12.2 Å². The number of alkyl halides is 2. The van der Waals surface area contributed by atoms with E-state index in [-0.39, 0.29) is 11.6 Å². The molecule has 8 heteroatoms. The number of carbonyl (C=O) groups excluding carboxylic acids is 1. The first-order chi connectivity index (χ1) is 12.0. The van der Waals surface area contributed by atoms with Gasteiger partial charge in [0.2, 0.25) is 0 Å². The first-order valence-corrected chi connectivity index (χ1v) is 8.45. The second-order valence-corrected chi connectivity index (χ2v) is 6.80. The van der Waals surface area contributed by atoms with Crippen molar-refractivity contribution in [1.82, 2.24) is 19.2 Å². The maximum atomic E-state index is 13.2. The van der Waals surface area contributed by atoms with E-state index >= 15 is 0 Å². The van der Waals surface area contributed by atoms with Crippen LogP contribution in [0.5, 0.6) is 0 Å². The molecule has 1 saturated carbocycles. The van der Waals surface area contributed by atoms with Gasteiger partial charge < -0.3 is 10.0 Å². The van der Waals surface area contributed by atoms with Gasteiger partial charge >= 0.3 is 6.55 Å². The van der Waals surface area contributed by atoms with Crippen LogP contribution in [0.1, 0.15) is 53.1 Å². The van der Waals surface area contributed by atoms with Gasteiger partial charge in [-0.05, 0) is 43.9 Å². The van der Waals surface area contributed by atoms with Crippen molar-refractivity contribution in [3.63, 3.8) is 0 Å². The molecule has 6 nitrogen and oxygen atoms in total. The number of aromatic nitrogens is 3. The highest BCUT2D eigenvalue weighted by atomic mass is 19.3. The second kappa shape index (κ2) is 5.94. The van der Waals surface area contributed by atoms with Crippen LogP contribution in [0.3, 0.4) is 0 Å². The van der Waals surface area contributed by atoms with Crippen molar-refractivity contribution in [2.45, 2.75) is 45.5 Å². The van der Waals surface area contributed by atoms with Crippen LogP contribution in [0.15, 0.2) is 18.2 Å². The van der Waals surface area contributed by atoms with E-state index in [4.69, 9.17) is 0 Å². The summed E-state index contributed by atoms with van der Waals surface area (Å²) in [6.07, 6.45) is 1.47. The fourth-order valence-electron chi connectivity index (χ4n) is 3.41. The number of hydrogen-bond donors (Lipinski definition) is 1. The van der Waals surface area contributed by atoms with Gasteiger partial charge in [0.1, 0.15) is 11.8 Å². The highest BCUT2D eigenvalue weighted by molar-refractivity contribution is 5.93. The van der Waals surface area contributed by atoms with Crippen molar-refractivity contribution in [3.05, 3.63) is 41.0 Å². The predicted molar refractivity (Wildman–Crippen MR) is 85.1 cm³/mol. The molecule has 134 valence electrons. The summed E-state index contributed by atoms with van der Waals surface area (Å²) < 4.78 is 29.0. The van der Waals surface area contributed by atoms with E-state index in [9.17, 15) is 18.7 Å². The molecule has 2 aromatic rings. The molecule has 1 amide bonds. The van der Waals surface area contributed by atoms with Crippen LogP contribution < -0.4 is 0 Å². The molecule has 2 aromatic heterocycles. The van der Waals surface area contributed by atoms with Gasteiger partial charge in [0.25, 0.3) is 5.91 Å². The number of fused-ring (bicyclic) bond motifs is 1. The Kier molecular flexibility index (Phi) is 3.87. The van der Waals surface area contributed by atoms with Gasteiger partial charge in [0.05, 0.1) is 24.5 Å². The van der Waals surface area contributed by atoms with Gasteiger partial charge in [0.15, 0.2) is 0 Å². The van der Waals surface area contributed by atoms with Gasteiger partial charge in [-0.25, -0.2) is 0 Å². The average Bonchev–Trinajstić information content (AvgIpc) is 3.23. The molecule has 0 unspecified atom stereocenters. The Morgan fingerprint density at radius 1 is 1.32 bits per heavy atom. The topological polar surface area (TPSA) is 63.3 Å². The number of amides is 1. The number of aryl methyl sites for hydroxylation is 1. The Morgan fingerprint density at radius 3 is 2.76 bits per heavy atom. The summed E-state index contributed by atoms with van der Waals surface area (Å²) in [5.41, 5.74) is 1.81. The molecule has 1 atom stereocenters. The summed E-state index contributed by atoms with van der Waals surface area (Å²) >= 11 is 0. The number of hydrogen-bond acceptors (Lipinski definition) is 3. The smallest absolute Gasteiger partial charge is 0.319 e. The molecule has 0 spiro atoms. The lowest BCUT2D eigenvalue weighted by molar-refractivity contribution is 0.0528. The molecular formula is C17H20F2N4O2. The van der Waals surface area contributed by atoms with Crippen molar-refractivity contribution in [3.8, 4) is 0 Å². The van der Waals surface area contributed by atoms with Crippen molar-refractivity contribution < 1.29 is 18.7 Å². The minimum atomic E-state index is -2.75. The molecule has 1 N–H and O–H groups in total. The zero-order valence-electron chi connectivity index (χ0n) is 13.9. The average molecular weight is 350 g/mol. The lowest BCUT2D eigenvalue weighted by atomic mass is 10.1. The summed E-state index contributed by atoms with van der Waals surface area (Å²) in [6, 6.07) is 4.79.